The molecule has 5 nitrogen and oxygen atoms in total. The summed E-state index contributed by atoms with van der Waals surface area (Å²) in [5.41, 5.74) is 3.62. The van der Waals surface area contributed by atoms with Gasteiger partial charge in [-0.25, -0.2) is 0 Å². The number of nitrogens with zero attached hydrogens (tertiary/aromatic N) is 2. The van der Waals surface area contributed by atoms with Crippen molar-refractivity contribution >= 4 is 6.08 Å². The molecule has 5 heteroatoms. The molecule has 0 bridgehead atoms. The molecule has 2 aliphatic heterocycles. The Hall–Kier alpha value is -2.11. The lowest BCUT2D eigenvalue weighted by Gasteiger charge is -2.21. The van der Waals surface area contributed by atoms with Crippen LogP contribution in [-0.2, 0) is 11.8 Å². The highest BCUT2D eigenvalue weighted by molar-refractivity contribution is 5.62. The number of benzene rings is 1. The van der Waals surface area contributed by atoms with Crippen LogP contribution in [0.25, 0.3) is 6.08 Å². The van der Waals surface area contributed by atoms with Gasteiger partial charge in [-0.1, -0.05) is 18.2 Å². The van der Waals surface area contributed by atoms with Crippen molar-refractivity contribution in [3.63, 3.8) is 0 Å². The Bertz CT molecular complexity index is 738. The summed E-state index contributed by atoms with van der Waals surface area (Å²) in [4.78, 5) is 0. The van der Waals surface area contributed by atoms with E-state index in [0.717, 1.165) is 37.4 Å². The highest BCUT2D eigenvalue weighted by Crippen LogP contribution is 2.33. The van der Waals surface area contributed by atoms with Gasteiger partial charge in [0.2, 0.25) is 0 Å². The van der Waals surface area contributed by atoms with Crippen LogP contribution in [0.1, 0.15) is 23.7 Å². The van der Waals surface area contributed by atoms with Crippen molar-refractivity contribution in [1.82, 2.24) is 15.1 Å². The first-order valence-electron chi connectivity index (χ1n) is 8.52. The molecule has 0 unspecified atom stereocenters. The van der Waals surface area contributed by atoms with Gasteiger partial charge < -0.3 is 14.8 Å². The van der Waals surface area contributed by atoms with Gasteiger partial charge in [0.15, 0.2) is 0 Å². The quantitative estimate of drug-likeness (QED) is 0.918. The van der Waals surface area contributed by atoms with Crippen LogP contribution in [0.2, 0.25) is 0 Å². The number of nitrogens with one attached hydrogen (secondary N) is 1. The van der Waals surface area contributed by atoms with Gasteiger partial charge >= 0.3 is 0 Å². The lowest BCUT2D eigenvalue weighted by atomic mass is 9.97. The van der Waals surface area contributed by atoms with Crippen molar-refractivity contribution in [3.8, 4) is 5.75 Å². The molecule has 2 aliphatic rings. The van der Waals surface area contributed by atoms with Crippen molar-refractivity contribution in [2.24, 2.45) is 13.0 Å². The molecule has 0 radical (unpaired) electrons. The van der Waals surface area contributed by atoms with Crippen LogP contribution >= 0.6 is 0 Å². The monoisotopic (exact) mass is 325 g/mol. The average molecular weight is 325 g/mol. The number of fused-ring (bicyclic) bond motifs is 1. The molecule has 3 heterocycles. The predicted octanol–water partition coefficient (Wildman–Crippen LogP) is 2.56. The molecule has 2 aromatic rings. The van der Waals surface area contributed by atoms with E-state index in [1.807, 2.05) is 36.1 Å². The first kappa shape index (κ1) is 15.4. The third-order valence-corrected chi connectivity index (χ3v) is 4.72. The lowest BCUT2D eigenvalue weighted by Crippen LogP contribution is -2.28. The van der Waals surface area contributed by atoms with E-state index >= 15 is 0 Å². The summed E-state index contributed by atoms with van der Waals surface area (Å²) in [6, 6.07) is 8.17. The molecule has 1 aromatic carbocycles. The van der Waals surface area contributed by atoms with E-state index in [4.69, 9.17) is 9.47 Å². The maximum Gasteiger partial charge on any atom is 0.127 e. The van der Waals surface area contributed by atoms with Crippen LogP contribution in [0.15, 0.2) is 42.2 Å². The maximum atomic E-state index is 5.92. The zero-order valence-electron chi connectivity index (χ0n) is 13.9. The fourth-order valence-corrected chi connectivity index (χ4v) is 3.48. The van der Waals surface area contributed by atoms with Gasteiger partial charge in [0, 0.05) is 50.0 Å². The van der Waals surface area contributed by atoms with Gasteiger partial charge in [-0.3, -0.25) is 4.68 Å². The van der Waals surface area contributed by atoms with Gasteiger partial charge in [-0.2, -0.15) is 5.10 Å². The van der Waals surface area contributed by atoms with Crippen LogP contribution in [0.5, 0.6) is 5.75 Å². The fraction of sp³-hybridized carbons (Fsp3) is 0.421. The highest BCUT2D eigenvalue weighted by atomic mass is 16.5. The average Bonchev–Trinajstić information content (AvgIpc) is 3.23. The third-order valence-electron chi connectivity index (χ3n) is 4.72. The Morgan fingerprint density at radius 1 is 1.33 bits per heavy atom. The van der Waals surface area contributed by atoms with E-state index in [-0.39, 0.29) is 6.10 Å². The Labute approximate surface area is 142 Å². The van der Waals surface area contributed by atoms with Crippen molar-refractivity contribution in [2.75, 3.05) is 26.3 Å². The molecule has 1 aromatic heterocycles. The highest BCUT2D eigenvalue weighted by Gasteiger charge is 2.30. The first-order chi connectivity index (χ1) is 11.8. The number of rotatable bonds is 5. The van der Waals surface area contributed by atoms with Crippen molar-refractivity contribution in [3.05, 3.63) is 53.4 Å². The molecule has 0 amide bonds. The normalized spacial score (nSPS) is 22.8. The molecule has 0 saturated carbocycles. The Balaban J connectivity index is 1.33. The van der Waals surface area contributed by atoms with E-state index < -0.39 is 0 Å². The SMILES string of the molecule is Cn1cc([C@@H]2OCC[C@H]2CNCC2=Cc3ccccc3OC2)cn1. The molecular weight excluding hydrogens is 302 g/mol. The Kier molecular flexibility index (Phi) is 4.36. The Morgan fingerprint density at radius 3 is 3.12 bits per heavy atom. The molecule has 0 spiro atoms. The number of ether oxygens (including phenoxy) is 2. The van der Waals surface area contributed by atoms with E-state index in [2.05, 4.69) is 28.8 Å². The minimum atomic E-state index is 0.156. The fourth-order valence-electron chi connectivity index (χ4n) is 3.48. The molecule has 24 heavy (non-hydrogen) atoms. The largest absolute Gasteiger partial charge is 0.489 e. The van der Waals surface area contributed by atoms with Gasteiger partial charge in [0.25, 0.3) is 0 Å². The van der Waals surface area contributed by atoms with E-state index in [1.54, 1.807) is 0 Å². The van der Waals surface area contributed by atoms with Crippen molar-refractivity contribution in [1.29, 1.82) is 0 Å². The van der Waals surface area contributed by atoms with E-state index in [1.165, 1.54) is 11.1 Å². The summed E-state index contributed by atoms with van der Waals surface area (Å²) >= 11 is 0. The predicted molar refractivity (Wildman–Crippen MR) is 92.8 cm³/mol. The smallest absolute Gasteiger partial charge is 0.127 e. The molecule has 1 saturated heterocycles. The summed E-state index contributed by atoms with van der Waals surface area (Å²) in [5.74, 6) is 1.47. The number of hydrogen-bond acceptors (Lipinski definition) is 4. The molecule has 0 aliphatic carbocycles. The maximum absolute atomic E-state index is 5.92. The van der Waals surface area contributed by atoms with Gasteiger partial charge in [0.1, 0.15) is 12.4 Å². The van der Waals surface area contributed by atoms with Crippen molar-refractivity contribution < 1.29 is 9.47 Å². The third kappa shape index (κ3) is 3.23. The lowest BCUT2D eigenvalue weighted by molar-refractivity contribution is 0.0906. The second-order valence-electron chi connectivity index (χ2n) is 6.55. The zero-order valence-corrected chi connectivity index (χ0v) is 13.9. The second kappa shape index (κ2) is 6.79. The molecule has 4 rings (SSSR count). The standard InChI is InChI=1S/C19H23N3O2/c1-22-12-17(11-21-22)19-16(6-7-23-19)10-20-9-14-8-15-4-2-3-5-18(15)24-13-14/h2-5,8,11-12,16,19-20H,6-7,9-10,13H2,1H3/t16-,19+/m0/s1. The van der Waals surface area contributed by atoms with Gasteiger partial charge in [-0.15, -0.1) is 0 Å². The van der Waals surface area contributed by atoms with Crippen molar-refractivity contribution in [2.45, 2.75) is 12.5 Å². The van der Waals surface area contributed by atoms with Gasteiger partial charge in [-0.05, 0) is 24.1 Å². The van der Waals surface area contributed by atoms with Crippen LogP contribution in [0.4, 0.5) is 0 Å². The van der Waals surface area contributed by atoms with Crippen LogP contribution in [-0.4, -0.2) is 36.1 Å². The molecule has 2 atom stereocenters. The molecular formula is C19H23N3O2. The molecule has 126 valence electrons. The van der Waals surface area contributed by atoms with E-state index in [0.29, 0.717) is 12.5 Å². The summed E-state index contributed by atoms with van der Waals surface area (Å²) in [6.07, 6.45) is 7.44. The second-order valence-corrected chi connectivity index (χ2v) is 6.55. The minimum Gasteiger partial charge on any atom is -0.489 e. The van der Waals surface area contributed by atoms with E-state index in [9.17, 15) is 0 Å². The van der Waals surface area contributed by atoms with Crippen LogP contribution < -0.4 is 10.1 Å². The molecule has 1 fully saturated rings. The summed E-state index contributed by atoms with van der Waals surface area (Å²) in [7, 11) is 1.94. The number of hydrogen-bond donors (Lipinski definition) is 1. The minimum absolute atomic E-state index is 0.156. The summed E-state index contributed by atoms with van der Waals surface area (Å²) in [6.45, 7) is 3.28. The topological polar surface area (TPSA) is 48.3 Å². The number of para-hydroxylation sites is 1. The van der Waals surface area contributed by atoms with Gasteiger partial charge in [0.05, 0.1) is 12.3 Å². The summed E-state index contributed by atoms with van der Waals surface area (Å²) in [5, 5.41) is 7.84. The molecule has 1 N–H and O–H groups in total. The number of aromatic nitrogens is 2. The van der Waals surface area contributed by atoms with Crippen LogP contribution in [0.3, 0.4) is 0 Å². The van der Waals surface area contributed by atoms with Crippen LogP contribution in [0, 0.1) is 5.92 Å². The first-order valence-corrected chi connectivity index (χ1v) is 8.52. The summed E-state index contributed by atoms with van der Waals surface area (Å²) < 4.78 is 13.6. The zero-order chi connectivity index (χ0) is 16.4. The Morgan fingerprint density at radius 2 is 2.25 bits per heavy atom. The number of aryl methyl sites for hydroxylation is 1.